The molecular formula is C31H20F14P+. The van der Waals surface area contributed by atoms with Crippen molar-refractivity contribution >= 4 is 23.2 Å². The molecule has 0 radical (unpaired) electrons. The Kier molecular flexibility index (Phi) is 9.06. The average molecular weight is 689 g/mol. The van der Waals surface area contributed by atoms with E-state index in [1.54, 1.807) is 18.2 Å². The number of hydrogen-bond acceptors (Lipinski definition) is 0. The number of hydrogen-bond donors (Lipinski definition) is 0. The van der Waals surface area contributed by atoms with E-state index in [1.807, 2.05) is 0 Å². The van der Waals surface area contributed by atoms with E-state index in [-0.39, 0.29) is 12.1 Å². The van der Waals surface area contributed by atoms with E-state index in [0.29, 0.717) is 15.9 Å². The van der Waals surface area contributed by atoms with Gasteiger partial charge in [-0.2, -0.15) is 52.7 Å². The topological polar surface area (TPSA) is 0 Å². The zero-order valence-electron chi connectivity index (χ0n) is 22.8. The molecule has 0 aliphatic carbocycles. The smallest absolute Gasteiger partial charge is 0.218 e. The number of rotatable bonds is 7. The Hall–Kier alpha value is -3.67. The summed E-state index contributed by atoms with van der Waals surface area (Å²) in [7, 11) is -3.45. The van der Waals surface area contributed by atoms with Crippen molar-refractivity contribution in [3.05, 3.63) is 126 Å². The predicted molar refractivity (Wildman–Crippen MR) is 145 cm³/mol. The van der Waals surface area contributed by atoms with Crippen LogP contribution in [0.15, 0.2) is 109 Å². The van der Waals surface area contributed by atoms with Crippen molar-refractivity contribution in [1.29, 1.82) is 0 Å². The predicted octanol–water partition coefficient (Wildman–Crippen LogP) is 9.76. The summed E-state index contributed by atoms with van der Waals surface area (Å²) in [6, 6.07) is 21.6. The Balaban J connectivity index is 2.18. The molecule has 0 nitrogen and oxygen atoms in total. The molecule has 0 atom stereocenters. The lowest BCUT2D eigenvalue weighted by Gasteiger charge is -2.34. The van der Waals surface area contributed by atoms with Crippen LogP contribution in [0.5, 0.6) is 0 Å². The molecule has 0 saturated heterocycles. The van der Waals surface area contributed by atoms with Gasteiger partial charge in [-0.15, -0.1) is 0 Å². The molecule has 46 heavy (non-hydrogen) atoms. The summed E-state index contributed by atoms with van der Waals surface area (Å²) in [4.78, 5) is 0. The third-order valence-electron chi connectivity index (χ3n) is 7.36. The molecule has 0 N–H and O–H groups in total. The van der Waals surface area contributed by atoms with Gasteiger partial charge in [-0.25, -0.2) is 8.78 Å². The Morgan fingerprint density at radius 3 is 0.870 bits per heavy atom. The van der Waals surface area contributed by atoms with Crippen LogP contribution in [0.3, 0.4) is 0 Å². The van der Waals surface area contributed by atoms with Crippen LogP contribution in [0.2, 0.25) is 0 Å². The van der Waals surface area contributed by atoms with E-state index in [1.165, 1.54) is 72.8 Å². The summed E-state index contributed by atoms with van der Waals surface area (Å²) in [5, 5.41) is 1.07. The SMILES string of the molecule is FC(F)(F)C(F)(c1cc(C[P+](c2ccccc2)(c2ccccc2)c2ccccc2)cc(C(F)(C(F)(F)F)C(F)(F)F)c1)C(F)(F)F. The maximum atomic E-state index is 15.4. The van der Waals surface area contributed by atoms with Crippen LogP contribution in [0, 0.1) is 0 Å². The van der Waals surface area contributed by atoms with Gasteiger partial charge >= 0.3 is 36.0 Å². The van der Waals surface area contributed by atoms with Crippen LogP contribution in [0.1, 0.15) is 16.7 Å². The van der Waals surface area contributed by atoms with Crippen molar-refractivity contribution in [2.24, 2.45) is 0 Å². The molecule has 0 amide bonds. The molecule has 15 heteroatoms. The number of alkyl halides is 14. The molecule has 4 aromatic rings. The van der Waals surface area contributed by atoms with Crippen molar-refractivity contribution in [1.82, 2.24) is 0 Å². The summed E-state index contributed by atoms with van der Waals surface area (Å²) in [6.45, 7) is 0. The molecule has 4 aromatic carbocycles. The summed E-state index contributed by atoms with van der Waals surface area (Å²) in [5.41, 5.74) is -19.4. The first-order valence-electron chi connectivity index (χ1n) is 13.0. The van der Waals surface area contributed by atoms with Crippen molar-refractivity contribution in [3.8, 4) is 0 Å². The standard InChI is InChI=1S/C31H20F14P/c32-26(28(34,35)36,29(37,38)39)21-16-20(17-22(18-21)27(33,30(40,41)42)31(43,44)45)19-46(23-10-4-1-5-11-23,24-12-6-2-7-13-24)25-14-8-3-9-15-25/h1-18H,19H2/q+1. The minimum Gasteiger partial charge on any atom is -0.218 e. The van der Waals surface area contributed by atoms with E-state index in [9.17, 15) is 52.7 Å². The van der Waals surface area contributed by atoms with E-state index < -0.39 is 72.2 Å². The number of halogens is 14. The van der Waals surface area contributed by atoms with Gasteiger partial charge in [0.25, 0.3) is 0 Å². The van der Waals surface area contributed by atoms with Gasteiger partial charge in [0.05, 0.1) is 6.16 Å². The van der Waals surface area contributed by atoms with Crippen LogP contribution in [0.4, 0.5) is 61.5 Å². The zero-order chi connectivity index (χ0) is 34.4. The summed E-state index contributed by atoms with van der Waals surface area (Å²) < 4.78 is 197. The van der Waals surface area contributed by atoms with E-state index in [0.717, 1.165) is 0 Å². The summed E-state index contributed by atoms with van der Waals surface area (Å²) >= 11 is 0. The fourth-order valence-corrected chi connectivity index (χ4v) is 9.42. The Bertz CT molecular complexity index is 1440. The second-order valence-corrected chi connectivity index (χ2v) is 13.7. The lowest BCUT2D eigenvalue weighted by atomic mass is 9.86. The zero-order valence-corrected chi connectivity index (χ0v) is 23.7. The van der Waals surface area contributed by atoms with Crippen LogP contribution in [0.25, 0.3) is 0 Å². The van der Waals surface area contributed by atoms with Gasteiger partial charge in [0, 0.05) is 11.1 Å². The third-order valence-corrected chi connectivity index (χ3v) is 11.7. The van der Waals surface area contributed by atoms with Gasteiger partial charge in [-0.1, -0.05) is 54.6 Å². The van der Waals surface area contributed by atoms with Gasteiger partial charge < -0.3 is 0 Å². The maximum Gasteiger partial charge on any atom is 0.435 e. The molecule has 0 unspecified atom stereocenters. The minimum absolute atomic E-state index is 0.110. The van der Waals surface area contributed by atoms with E-state index in [4.69, 9.17) is 0 Å². The average Bonchev–Trinajstić information content (AvgIpc) is 2.98. The fourth-order valence-electron chi connectivity index (χ4n) is 5.20. The van der Waals surface area contributed by atoms with Gasteiger partial charge in [-0.05, 0) is 60.2 Å². The van der Waals surface area contributed by atoms with Gasteiger partial charge in [0.1, 0.15) is 23.2 Å². The number of benzene rings is 4. The summed E-state index contributed by atoms with van der Waals surface area (Å²) in [6.07, 6.45) is -28.5. The first kappa shape index (κ1) is 35.2. The molecule has 0 heterocycles. The highest BCUT2D eigenvalue weighted by atomic mass is 31.2. The van der Waals surface area contributed by atoms with Gasteiger partial charge in [0.15, 0.2) is 0 Å². The molecule has 0 fully saturated rings. The van der Waals surface area contributed by atoms with E-state index >= 15 is 8.78 Å². The Morgan fingerprint density at radius 1 is 0.370 bits per heavy atom. The first-order chi connectivity index (χ1) is 21.1. The lowest BCUT2D eigenvalue weighted by Crippen LogP contribution is -2.52. The highest BCUT2D eigenvalue weighted by Gasteiger charge is 2.76. The quantitative estimate of drug-likeness (QED) is 0.134. The summed E-state index contributed by atoms with van der Waals surface area (Å²) in [5.74, 6) is 0. The second-order valence-electron chi connectivity index (χ2n) is 10.2. The maximum absolute atomic E-state index is 15.4. The fraction of sp³-hybridized carbons (Fsp3) is 0.226. The van der Waals surface area contributed by atoms with Crippen LogP contribution < -0.4 is 15.9 Å². The Morgan fingerprint density at radius 2 is 0.630 bits per heavy atom. The molecule has 0 aromatic heterocycles. The molecule has 4 rings (SSSR count). The molecular weight excluding hydrogens is 669 g/mol. The van der Waals surface area contributed by atoms with Gasteiger partial charge in [0.2, 0.25) is 0 Å². The van der Waals surface area contributed by atoms with Crippen LogP contribution in [-0.4, -0.2) is 24.7 Å². The van der Waals surface area contributed by atoms with Gasteiger partial charge in [-0.3, -0.25) is 0 Å². The van der Waals surface area contributed by atoms with E-state index in [2.05, 4.69) is 0 Å². The van der Waals surface area contributed by atoms with Crippen molar-refractivity contribution in [2.45, 2.75) is 42.2 Å². The molecule has 0 bridgehead atoms. The largest absolute Gasteiger partial charge is 0.435 e. The molecule has 246 valence electrons. The monoisotopic (exact) mass is 689 g/mol. The molecule has 0 saturated carbocycles. The lowest BCUT2D eigenvalue weighted by molar-refractivity contribution is -0.350. The van der Waals surface area contributed by atoms with Crippen molar-refractivity contribution in [3.63, 3.8) is 0 Å². The highest BCUT2D eigenvalue weighted by Crippen LogP contribution is 2.61. The minimum atomic E-state index is -6.93. The van der Waals surface area contributed by atoms with Crippen LogP contribution in [-0.2, 0) is 17.5 Å². The highest BCUT2D eigenvalue weighted by molar-refractivity contribution is 7.95. The molecule has 0 aliphatic rings. The first-order valence-corrected chi connectivity index (χ1v) is 14.9. The Labute approximate surface area is 253 Å². The normalized spacial score (nSPS) is 14.0. The van der Waals surface area contributed by atoms with Crippen LogP contribution >= 0.6 is 7.26 Å². The second kappa shape index (κ2) is 11.8. The van der Waals surface area contributed by atoms with Crippen molar-refractivity contribution in [2.75, 3.05) is 0 Å². The molecule has 0 aliphatic heterocycles. The van der Waals surface area contributed by atoms with Crippen molar-refractivity contribution < 1.29 is 61.5 Å². The third kappa shape index (κ3) is 5.84. The molecule has 0 spiro atoms.